The zero-order chi connectivity index (χ0) is 11.4. The lowest BCUT2D eigenvalue weighted by molar-refractivity contribution is 0.0773. The third kappa shape index (κ3) is 2.63. The summed E-state index contributed by atoms with van der Waals surface area (Å²) in [6, 6.07) is 4.96. The molecule has 0 aromatic heterocycles. The monoisotopic (exact) mass is 226 g/mol. The van der Waals surface area contributed by atoms with Gasteiger partial charge in [0.05, 0.1) is 10.7 Å². The van der Waals surface area contributed by atoms with E-state index in [4.69, 9.17) is 17.3 Å². The number of halogens is 1. The molecule has 0 saturated carbocycles. The first-order valence-corrected chi connectivity index (χ1v) is 5.32. The molecule has 15 heavy (non-hydrogen) atoms. The van der Waals surface area contributed by atoms with Crippen LogP contribution in [-0.2, 0) is 0 Å². The number of rotatable bonds is 3. The minimum absolute atomic E-state index is 0.0121. The molecule has 1 aromatic carbocycles. The minimum Gasteiger partial charge on any atom is -0.398 e. The average molecular weight is 227 g/mol. The molecule has 0 aliphatic rings. The van der Waals surface area contributed by atoms with Crippen molar-refractivity contribution in [3.63, 3.8) is 0 Å². The summed E-state index contributed by atoms with van der Waals surface area (Å²) in [4.78, 5) is 13.6. The van der Waals surface area contributed by atoms with Gasteiger partial charge in [-0.3, -0.25) is 4.79 Å². The lowest BCUT2D eigenvalue weighted by Gasteiger charge is -2.18. The molecule has 0 bridgehead atoms. The molecule has 0 atom stereocenters. The summed E-state index contributed by atoms with van der Waals surface area (Å²) in [6.07, 6.45) is 0. The molecule has 0 spiro atoms. The summed E-state index contributed by atoms with van der Waals surface area (Å²) in [5.41, 5.74) is 6.65. The predicted octanol–water partition coefficient (Wildman–Crippen LogP) is 2.40. The van der Waals surface area contributed by atoms with Gasteiger partial charge in [-0.1, -0.05) is 11.6 Å². The number of nitrogens with zero attached hydrogens (tertiary/aromatic N) is 1. The largest absolute Gasteiger partial charge is 0.398 e. The Morgan fingerprint density at radius 3 is 2.47 bits per heavy atom. The summed E-state index contributed by atoms with van der Waals surface area (Å²) < 4.78 is 0. The molecule has 1 amide bonds. The van der Waals surface area contributed by atoms with Gasteiger partial charge >= 0.3 is 0 Å². The van der Waals surface area contributed by atoms with Crippen LogP contribution in [0, 0.1) is 0 Å². The number of benzene rings is 1. The van der Waals surface area contributed by atoms with E-state index < -0.39 is 0 Å². The van der Waals surface area contributed by atoms with Gasteiger partial charge in [0.25, 0.3) is 5.91 Å². The van der Waals surface area contributed by atoms with Crippen LogP contribution in [0.25, 0.3) is 0 Å². The van der Waals surface area contributed by atoms with Crippen LogP contribution < -0.4 is 5.73 Å². The molecule has 1 aromatic rings. The van der Waals surface area contributed by atoms with Crippen LogP contribution in [0.4, 0.5) is 5.69 Å². The molecule has 0 heterocycles. The van der Waals surface area contributed by atoms with Gasteiger partial charge in [-0.05, 0) is 32.0 Å². The molecular formula is C11H15ClN2O. The Balaban J connectivity index is 2.96. The van der Waals surface area contributed by atoms with Crippen molar-refractivity contribution in [2.75, 3.05) is 18.8 Å². The van der Waals surface area contributed by atoms with Crippen molar-refractivity contribution in [1.29, 1.82) is 0 Å². The van der Waals surface area contributed by atoms with E-state index >= 15 is 0 Å². The number of carbonyl (C=O) groups excluding carboxylic acids is 1. The lowest BCUT2D eigenvalue weighted by Crippen LogP contribution is -2.30. The second-order valence-electron chi connectivity index (χ2n) is 3.21. The molecule has 82 valence electrons. The molecule has 4 heteroatoms. The van der Waals surface area contributed by atoms with Crippen LogP contribution in [0.5, 0.6) is 0 Å². The number of hydrogen-bond donors (Lipinski definition) is 1. The maximum absolute atomic E-state index is 11.9. The molecule has 0 fully saturated rings. The molecular weight excluding hydrogens is 212 g/mol. The first kappa shape index (κ1) is 11.9. The third-order valence-electron chi connectivity index (χ3n) is 2.30. The SMILES string of the molecule is CCN(CC)C(=O)c1ccc(N)c(Cl)c1. The van der Waals surface area contributed by atoms with E-state index in [0.717, 1.165) is 0 Å². The lowest BCUT2D eigenvalue weighted by atomic mass is 10.2. The van der Waals surface area contributed by atoms with Crippen LogP contribution in [-0.4, -0.2) is 23.9 Å². The number of nitrogen functional groups attached to an aromatic ring is 1. The fourth-order valence-corrected chi connectivity index (χ4v) is 1.53. The summed E-state index contributed by atoms with van der Waals surface area (Å²) in [6.45, 7) is 5.27. The number of hydrogen-bond acceptors (Lipinski definition) is 2. The van der Waals surface area contributed by atoms with E-state index in [1.807, 2.05) is 13.8 Å². The first-order chi connectivity index (χ1) is 7.10. The highest BCUT2D eigenvalue weighted by Crippen LogP contribution is 2.20. The van der Waals surface area contributed by atoms with E-state index in [-0.39, 0.29) is 5.91 Å². The molecule has 1 rings (SSSR count). The maximum atomic E-state index is 11.9. The van der Waals surface area contributed by atoms with E-state index in [2.05, 4.69) is 0 Å². The normalized spacial score (nSPS) is 10.1. The topological polar surface area (TPSA) is 46.3 Å². The van der Waals surface area contributed by atoms with Crippen molar-refractivity contribution >= 4 is 23.2 Å². The summed E-state index contributed by atoms with van der Waals surface area (Å²) >= 11 is 5.85. The Kier molecular flexibility index (Phi) is 3.97. The van der Waals surface area contributed by atoms with E-state index in [0.29, 0.717) is 29.4 Å². The molecule has 0 saturated heterocycles. The molecule has 3 nitrogen and oxygen atoms in total. The Bertz CT molecular complexity index is 362. The van der Waals surface area contributed by atoms with Crippen LogP contribution in [0.2, 0.25) is 5.02 Å². The van der Waals surface area contributed by atoms with Crippen LogP contribution in [0.15, 0.2) is 18.2 Å². The fourth-order valence-electron chi connectivity index (χ4n) is 1.35. The highest BCUT2D eigenvalue weighted by atomic mass is 35.5. The number of carbonyl (C=O) groups is 1. The zero-order valence-corrected chi connectivity index (χ0v) is 9.71. The maximum Gasteiger partial charge on any atom is 0.253 e. The first-order valence-electron chi connectivity index (χ1n) is 4.94. The summed E-state index contributed by atoms with van der Waals surface area (Å²) in [5.74, 6) is -0.0121. The molecule has 0 unspecified atom stereocenters. The van der Waals surface area contributed by atoms with Crippen molar-refractivity contribution in [2.24, 2.45) is 0 Å². The molecule has 2 N–H and O–H groups in total. The summed E-state index contributed by atoms with van der Waals surface area (Å²) in [5, 5.41) is 0.424. The van der Waals surface area contributed by atoms with Gasteiger partial charge in [-0.15, -0.1) is 0 Å². The quantitative estimate of drug-likeness (QED) is 0.805. The van der Waals surface area contributed by atoms with Crippen molar-refractivity contribution in [1.82, 2.24) is 4.90 Å². The second kappa shape index (κ2) is 5.03. The van der Waals surface area contributed by atoms with Crippen LogP contribution >= 0.6 is 11.6 Å². The van der Waals surface area contributed by atoms with Crippen molar-refractivity contribution in [2.45, 2.75) is 13.8 Å². The van der Waals surface area contributed by atoms with Crippen molar-refractivity contribution < 1.29 is 4.79 Å². The van der Waals surface area contributed by atoms with Gasteiger partial charge in [-0.2, -0.15) is 0 Å². The summed E-state index contributed by atoms with van der Waals surface area (Å²) in [7, 11) is 0. The van der Waals surface area contributed by atoms with Gasteiger partial charge in [-0.25, -0.2) is 0 Å². The minimum atomic E-state index is -0.0121. The van der Waals surface area contributed by atoms with E-state index in [1.165, 1.54) is 0 Å². The Labute approximate surface area is 94.8 Å². The second-order valence-corrected chi connectivity index (χ2v) is 3.62. The molecule has 0 aliphatic heterocycles. The number of nitrogens with two attached hydrogens (primary N) is 1. The molecule has 0 aliphatic carbocycles. The van der Waals surface area contributed by atoms with Gasteiger partial charge in [0.1, 0.15) is 0 Å². The van der Waals surface area contributed by atoms with Gasteiger partial charge in [0.2, 0.25) is 0 Å². The smallest absolute Gasteiger partial charge is 0.253 e. The highest BCUT2D eigenvalue weighted by Gasteiger charge is 2.12. The van der Waals surface area contributed by atoms with Crippen LogP contribution in [0.3, 0.4) is 0 Å². The van der Waals surface area contributed by atoms with Gasteiger partial charge in [0, 0.05) is 18.7 Å². The van der Waals surface area contributed by atoms with Gasteiger partial charge < -0.3 is 10.6 Å². The van der Waals surface area contributed by atoms with Gasteiger partial charge in [0.15, 0.2) is 0 Å². The fraction of sp³-hybridized carbons (Fsp3) is 0.364. The Morgan fingerprint density at radius 2 is 2.00 bits per heavy atom. The zero-order valence-electron chi connectivity index (χ0n) is 8.96. The van der Waals surface area contributed by atoms with Crippen molar-refractivity contribution in [3.8, 4) is 0 Å². The predicted molar refractivity (Wildman–Crippen MR) is 63.1 cm³/mol. The van der Waals surface area contributed by atoms with Crippen LogP contribution in [0.1, 0.15) is 24.2 Å². The molecule has 0 radical (unpaired) electrons. The number of amides is 1. The Hall–Kier alpha value is -1.22. The van der Waals surface area contributed by atoms with E-state index in [9.17, 15) is 4.79 Å². The number of anilines is 1. The third-order valence-corrected chi connectivity index (χ3v) is 2.63. The Morgan fingerprint density at radius 1 is 1.40 bits per heavy atom. The van der Waals surface area contributed by atoms with Crippen molar-refractivity contribution in [3.05, 3.63) is 28.8 Å². The average Bonchev–Trinajstić information content (AvgIpc) is 2.23. The van der Waals surface area contributed by atoms with E-state index in [1.54, 1.807) is 23.1 Å². The standard InChI is InChI=1S/C11H15ClN2O/c1-3-14(4-2)11(15)8-5-6-10(13)9(12)7-8/h5-7H,3-4,13H2,1-2H3. The highest BCUT2D eigenvalue weighted by molar-refractivity contribution is 6.33.